The smallest absolute Gasteiger partial charge is 0.194 e. The van der Waals surface area contributed by atoms with Crippen molar-refractivity contribution >= 4 is 17.7 Å². The van der Waals surface area contributed by atoms with Crippen LogP contribution < -0.4 is 5.32 Å². The Morgan fingerprint density at radius 3 is 2.71 bits per heavy atom. The zero-order chi connectivity index (χ0) is 17.4. The minimum atomic E-state index is 0.726. The van der Waals surface area contributed by atoms with Crippen molar-refractivity contribution in [3.63, 3.8) is 0 Å². The van der Waals surface area contributed by atoms with Crippen LogP contribution >= 0.6 is 11.8 Å². The third-order valence-electron chi connectivity index (χ3n) is 4.23. The first kappa shape index (κ1) is 19.1. The average molecular weight is 349 g/mol. The second-order valence-electron chi connectivity index (χ2n) is 6.52. The molecule has 0 spiro atoms. The quantitative estimate of drug-likeness (QED) is 0.632. The van der Waals surface area contributed by atoms with E-state index >= 15 is 0 Å². The van der Waals surface area contributed by atoms with Crippen molar-refractivity contribution in [2.24, 2.45) is 4.99 Å². The van der Waals surface area contributed by atoms with E-state index in [1.165, 1.54) is 23.3 Å². The fourth-order valence-electron chi connectivity index (χ4n) is 2.95. The predicted molar refractivity (Wildman–Crippen MR) is 107 cm³/mol. The van der Waals surface area contributed by atoms with E-state index in [1.807, 2.05) is 0 Å². The molecule has 0 bridgehead atoms. The minimum Gasteiger partial charge on any atom is -0.357 e. The Hall–Kier alpha value is -1.20. The van der Waals surface area contributed by atoms with E-state index in [1.54, 1.807) is 0 Å². The zero-order valence-electron chi connectivity index (χ0n) is 15.6. The van der Waals surface area contributed by atoms with Crippen molar-refractivity contribution in [3.05, 3.63) is 35.4 Å². The van der Waals surface area contributed by atoms with Gasteiger partial charge < -0.3 is 15.1 Å². The van der Waals surface area contributed by atoms with E-state index in [0.29, 0.717) is 0 Å². The van der Waals surface area contributed by atoms with E-state index in [4.69, 9.17) is 4.99 Å². The Labute approximate surface area is 151 Å². The van der Waals surface area contributed by atoms with Gasteiger partial charge in [0.05, 0.1) is 6.54 Å². The number of aliphatic imine (C=N–C) groups is 1. The Balaban J connectivity index is 2.11. The monoisotopic (exact) mass is 348 g/mol. The molecule has 5 heteroatoms. The molecule has 0 amide bonds. The fraction of sp³-hybridized carbons (Fsp3) is 0.632. The lowest BCUT2D eigenvalue weighted by Gasteiger charge is -2.34. The van der Waals surface area contributed by atoms with Crippen LogP contribution in [-0.2, 0) is 13.1 Å². The highest BCUT2D eigenvalue weighted by molar-refractivity contribution is 8.00. The number of rotatable bonds is 6. The van der Waals surface area contributed by atoms with Crippen molar-refractivity contribution in [3.8, 4) is 0 Å². The standard InChI is InChI=1S/C19H32N4S/c1-5-18-15-23(11-12-24-18)19(20-6-2)21-13-16-9-7-8-10-17(16)14-22(3)4/h7-10,18H,5-6,11-15H2,1-4H3,(H,20,21). The molecule has 1 N–H and O–H groups in total. The highest BCUT2D eigenvalue weighted by atomic mass is 32.2. The van der Waals surface area contributed by atoms with E-state index in [2.05, 4.69) is 79.1 Å². The van der Waals surface area contributed by atoms with Gasteiger partial charge in [0.25, 0.3) is 0 Å². The molecular weight excluding hydrogens is 316 g/mol. The Kier molecular flexibility index (Phi) is 7.92. The molecule has 1 aromatic rings. The summed E-state index contributed by atoms with van der Waals surface area (Å²) in [5.41, 5.74) is 2.68. The van der Waals surface area contributed by atoms with E-state index in [0.717, 1.165) is 43.9 Å². The molecule has 1 saturated heterocycles. The first-order chi connectivity index (χ1) is 11.6. The van der Waals surface area contributed by atoms with Crippen LogP contribution in [0.1, 0.15) is 31.4 Å². The van der Waals surface area contributed by atoms with E-state index in [-0.39, 0.29) is 0 Å². The van der Waals surface area contributed by atoms with Crippen LogP contribution in [0.3, 0.4) is 0 Å². The number of benzene rings is 1. The molecule has 0 saturated carbocycles. The second-order valence-corrected chi connectivity index (χ2v) is 7.93. The van der Waals surface area contributed by atoms with E-state index in [9.17, 15) is 0 Å². The summed E-state index contributed by atoms with van der Waals surface area (Å²) in [5, 5.41) is 4.21. The SMILES string of the molecule is CCNC(=NCc1ccccc1CN(C)C)N1CCSC(CC)C1. The van der Waals surface area contributed by atoms with Crippen molar-refractivity contribution in [1.82, 2.24) is 15.1 Å². The zero-order valence-corrected chi connectivity index (χ0v) is 16.4. The molecule has 1 heterocycles. The summed E-state index contributed by atoms with van der Waals surface area (Å²) in [7, 11) is 4.22. The molecule has 1 fully saturated rings. The average Bonchev–Trinajstić information content (AvgIpc) is 2.59. The number of nitrogens with one attached hydrogen (secondary N) is 1. The fourth-order valence-corrected chi connectivity index (χ4v) is 4.13. The lowest BCUT2D eigenvalue weighted by molar-refractivity contribution is 0.400. The summed E-state index contributed by atoms with van der Waals surface area (Å²) in [6.45, 7) is 9.23. The topological polar surface area (TPSA) is 30.9 Å². The molecule has 1 aromatic carbocycles. The molecule has 24 heavy (non-hydrogen) atoms. The summed E-state index contributed by atoms with van der Waals surface area (Å²) in [5.74, 6) is 2.26. The maximum Gasteiger partial charge on any atom is 0.194 e. The third-order valence-corrected chi connectivity index (χ3v) is 5.60. The molecule has 0 aromatic heterocycles. The molecule has 1 aliphatic heterocycles. The van der Waals surface area contributed by atoms with Crippen LogP contribution in [0.4, 0.5) is 0 Å². The summed E-state index contributed by atoms with van der Waals surface area (Å²) < 4.78 is 0. The van der Waals surface area contributed by atoms with Crippen LogP contribution in [0, 0.1) is 0 Å². The summed E-state index contributed by atoms with van der Waals surface area (Å²) in [4.78, 5) is 9.59. The molecule has 2 rings (SSSR count). The minimum absolute atomic E-state index is 0.726. The van der Waals surface area contributed by atoms with Crippen LogP contribution in [0.5, 0.6) is 0 Å². The number of hydrogen-bond acceptors (Lipinski definition) is 3. The highest BCUT2D eigenvalue weighted by Gasteiger charge is 2.21. The first-order valence-electron chi connectivity index (χ1n) is 9.00. The maximum atomic E-state index is 4.95. The van der Waals surface area contributed by atoms with Gasteiger partial charge in [-0.25, -0.2) is 4.99 Å². The van der Waals surface area contributed by atoms with Crippen molar-refractivity contribution in [1.29, 1.82) is 0 Å². The van der Waals surface area contributed by atoms with Crippen molar-refractivity contribution < 1.29 is 0 Å². The number of hydrogen-bond donors (Lipinski definition) is 1. The number of thioether (sulfide) groups is 1. The van der Waals surface area contributed by atoms with Crippen molar-refractivity contribution in [2.45, 2.75) is 38.6 Å². The Bertz CT molecular complexity index is 530. The summed E-state index contributed by atoms with van der Waals surface area (Å²) in [6, 6.07) is 8.64. The summed E-state index contributed by atoms with van der Waals surface area (Å²) in [6.07, 6.45) is 1.23. The molecular formula is C19H32N4S. The van der Waals surface area contributed by atoms with Gasteiger partial charge in [-0.15, -0.1) is 0 Å². The van der Waals surface area contributed by atoms with Gasteiger partial charge in [-0.2, -0.15) is 11.8 Å². The number of guanidine groups is 1. The normalized spacial score (nSPS) is 19.0. The second kappa shape index (κ2) is 9.94. The van der Waals surface area contributed by atoms with Gasteiger partial charge in [0, 0.05) is 37.2 Å². The van der Waals surface area contributed by atoms with Crippen LogP contribution in [0.15, 0.2) is 29.3 Å². The Morgan fingerprint density at radius 2 is 2.04 bits per heavy atom. The van der Waals surface area contributed by atoms with Gasteiger partial charge in [0.1, 0.15) is 0 Å². The molecule has 1 aliphatic rings. The molecule has 134 valence electrons. The lowest BCUT2D eigenvalue weighted by atomic mass is 10.1. The van der Waals surface area contributed by atoms with Gasteiger partial charge >= 0.3 is 0 Å². The van der Waals surface area contributed by atoms with Crippen molar-refractivity contribution in [2.75, 3.05) is 39.5 Å². The van der Waals surface area contributed by atoms with Crippen LogP contribution in [0.2, 0.25) is 0 Å². The first-order valence-corrected chi connectivity index (χ1v) is 10.0. The van der Waals surface area contributed by atoms with Gasteiger partial charge in [-0.1, -0.05) is 31.2 Å². The molecule has 1 atom stereocenters. The highest BCUT2D eigenvalue weighted by Crippen LogP contribution is 2.21. The van der Waals surface area contributed by atoms with Gasteiger partial charge in [-0.05, 0) is 38.6 Å². The van der Waals surface area contributed by atoms with Gasteiger partial charge in [0.15, 0.2) is 5.96 Å². The molecule has 1 unspecified atom stereocenters. The van der Waals surface area contributed by atoms with E-state index < -0.39 is 0 Å². The van der Waals surface area contributed by atoms with Crippen LogP contribution in [0.25, 0.3) is 0 Å². The Morgan fingerprint density at radius 1 is 1.29 bits per heavy atom. The molecule has 4 nitrogen and oxygen atoms in total. The van der Waals surface area contributed by atoms with Gasteiger partial charge in [0.2, 0.25) is 0 Å². The molecule has 0 radical (unpaired) electrons. The largest absolute Gasteiger partial charge is 0.357 e. The number of nitrogens with zero attached hydrogens (tertiary/aromatic N) is 3. The molecule has 0 aliphatic carbocycles. The third kappa shape index (κ3) is 5.71. The van der Waals surface area contributed by atoms with Crippen LogP contribution in [-0.4, -0.2) is 60.5 Å². The van der Waals surface area contributed by atoms with Gasteiger partial charge in [-0.3, -0.25) is 0 Å². The lowest BCUT2D eigenvalue weighted by Crippen LogP contribution is -2.48. The maximum absolute atomic E-state index is 4.95. The predicted octanol–water partition coefficient (Wildman–Crippen LogP) is 3.04. The summed E-state index contributed by atoms with van der Waals surface area (Å²) >= 11 is 2.10.